The van der Waals surface area contributed by atoms with Crippen LogP contribution in [0, 0.1) is 5.82 Å². The van der Waals surface area contributed by atoms with Crippen molar-refractivity contribution in [3.05, 3.63) is 75.0 Å². The maximum Gasteiger partial charge on any atom is 0.261 e. The quantitative estimate of drug-likeness (QED) is 0.674. The molecule has 3 rings (SSSR count). The molecule has 6 heteroatoms. The molecule has 22 heavy (non-hydrogen) atoms. The van der Waals surface area contributed by atoms with Gasteiger partial charge >= 0.3 is 0 Å². The molecule has 0 saturated carbocycles. The van der Waals surface area contributed by atoms with Crippen LogP contribution in [-0.4, -0.2) is 15.3 Å². The first kappa shape index (κ1) is 14.6. The number of hydrogen-bond donors (Lipinski definition) is 0. The number of carbonyl (C=O) groups excluding carboxylic acids is 1. The van der Waals surface area contributed by atoms with Gasteiger partial charge in [0.05, 0.1) is 29.3 Å². The predicted octanol–water partition coefficient (Wildman–Crippen LogP) is 3.18. The summed E-state index contributed by atoms with van der Waals surface area (Å²) in [6, 6.07) is 10.8. The summed E-state index contributed by atoms with van der Waals surface area (Å²) in [6.45, 7) is -0.255. The Morgan fingerprint density at radius 1 is 1.23 bits per heavy atom. The third-order valence-electron chi connectivity index (χ3n) is 3.27. The Morgan fingerprint density at radius 2 is 2.00 bits per heavy atom. The molecule has 0 spiro atoms. The Kier molecular flexibility index (Phi) is 3.85. The highest BCUT2D eigenvalue weighted by Crippen LogP contribution is 2.15. The minimum Gasteiger partial charge on any atom is -0.292 e. The Bertz CT molecular complexity index is 937. The molecular weight excluding hydrogens is 351 g/mol. The zero-order chi connectivity index (χ0) is 15.7. The van der Waals surface area contributed by atoms with Crippen molar-refractivity contribution in [3.8, 4) is 0 Å². The number of aromatic nitrogens is 2. The van der Waals surface area contributed by atoms with Crippen LogP contribution in [0.25, 0.3) is 10.9 Å². The van der Waals surface area contributed by atoms with E-state index in [9.17, 15) is 14.0 Å². The molecule has 0 amide bonds. The summed E-state index contributed by atoms with van der Waals surface area (Å²) in [5.41, 5.74) is 0.169. The molecule has 110 valence electrons. The number of Topliss-reactive ketones (excluding diaryl/α,β-unsaturated/α-hetero) is 1. The monoisotopic (exact) mass is 360 g/mol. The number of ketones is 1. The zero-order valence-corrected chi connectivity index (χ0v) is 12.9. The van der Waals surface area contributed by atoms with Crippen LogP contribution in [0.5, 0.6) is 0 Å². The van der Waals surface area contributed by atoms with Crippen molar-refractivity contribution in [3.63, 3.8) is 0 Å². The number of rotatable bonds is 3. The van der Waals surface area contributed by atoms with E-state index >= 15 is 0 Å². The van der Waals surface area contributed by atoms with E-state index < -0.39 is 11.6 Å². The first-order valence-corrected chi connectivity index (χ1v) is 7.28. The third kappa shape index (κ3) is 2.69. The molecule has 4 nitrogen and oxygen atoms in total. The number of fused-ring (bicyclic) bond motifs is 1. The minimum absolute atomic E-state index is 0.0382. The average molecular weight is 361 g/mol. The van der Waals surface area contributed by atoms with Crippen LogP contribution in [0.2, 0.25) is 0 Å². The van der Waals surface area contributed by atoms with Crippen molar-refractivity contribution in [2.75, 3.05) is 0 Å². The molecule has 0 N–H and O–H groups in total. The lowest BCUT2D eigenvalue weighted by atomic mass is 10.1. The van der Waals surface area contributed by atoms with Gasteiger partial charge in [-0.1, -0.05) is 28.1 Å². The Hall–Kier alpha value is -2.34. The van der Waals surface area contributed by atoms with E-state index in [1.165, 1.54) is 29.1 Å². The molecule has 0 aliphatic rings. The molecular formula is C16H10BrFN2O2. The SMILES string of the molecule is O=C(Cn1cnc2ccc(Br)cc2c1=O)c1ccccc1F. The number of carbonyl (C=O) groups is 1. The van der Waals surface area contributed by atoms with Crippen molar-refractivity contribution < 1.29 is 9.18 Å². The van der Waals surface area contributed by atoms with E-state index in [0.29, 0.717) is 10.9 Å². The number of halogens is 2. The summed E-state index contributed by atoms with van der Waals surface area (Å²) >= 11 is 3.30. The van der Waals surface area contributed by atoms with Gasteiger partial charge in [0.15, 0.2) is 5.78 Å². The number of nitrogens with zero attached hydrogens (tertiary/aromatic N) is 2. The van der Waals surface area contributed by atoms with E-state index in [4.69, 9.17) is 0 Å². The molecule has 0 aliphatic carbocycles. The van der Waals surface area contributed by atoms with Crippen LogP contribution in [0.15, 0.2) is 58.1 Å². The second-order valence-electron chi connectivity index (χ2n) is 4.74. The van der Waals surface area contributed by atoms with E-state index in [-0.39, 0.29) is 17.7 Å². The second kappa shape index (κ2) is 5.81. The lowest BCUT2D eigenvalue weighted by molar-refractivity contribution is 0.0966. The van der Waals surface area contributed by atoms with Crippen LogP contribution in [0.3, 0.4) is 0 Å². The lowest BCUT2D eigenvalue weighted by Gasteiger charge is -2.07. The fourth-order valence-corrected chi connectivity index (χ4v) is 2.53. The highest BCUT2D eigenvalue weighted by Gasteiger charge is 2.13. The van der Waals surface area contributed by atoms with Crippen LogP contribution >= 0.6 is 15.9 Å². The highest BCUT2D eigenvalue weighted by atomic mass is 79.9. The molecule has 0 radical (unpaired) electrons. The topological polar surface area (TPSA) is 52.0 Å². The maximum absolute atomic E-state index is 13.6. The van der Waals surface area contributed by atoms with Gasteiger partial charge in [0, 0.05) is 4.47 Å². The fraction of sp³-hybridized carbons (Fsp3) is 0.0625. The smallest absolute Gasteiger partial charge is 0.261 e. The Balaban J connectivity index is 2.01. The largest absolute Gasteiger partial charge is 0.292 e. The zero-order valence-electron chi connectivity index (χ0n) is 11.3. The number of hydrogen-bond acceptors (Lipinski definition) is 3. The highest BCUT2D eigenvalue weighted by molar-refractivity contribution is 9.10. The van der Waals surface area contributed by atoms with E-state index in [1.54, 1.807) is 24.3 Å². The Labute approximate surface area is 133 Å². The summed E-state index contributed by atoms with van der Waals surface area (Å²) in [7, 11) is 0. The molecule has 2 aromatic carbocycles. The van der Waals surface area contributed by atoms with Crippen LogP contribution in [-0.2, 0) is 6.54 Å². The minimum atomic E-state index is -0.600. The van der Waals surface area contributed by atoms with Crippen molar-refractivity contribution in [1.29, 1.82) is 0 Å². The summed E-state index contributed by atoms with van der Waals surface area (Å²) in [5, 5.41) is 0.401. The van der Waals surface area contributed by atoms with Gasteiger partial charge in [0.1, 0.15) is 5.82 Å². The van der Waals surface area contributed by atoms with Crippen molar-refractivity contribution >= 4 is 32.6 Å². The van der Waals surface area contributed by atoms with Crippen LogP contribution < -0.4 is 5.56 Å². The average Bonchev–Trinajstić information content (AvgIpc) is 2.51. The predicted molar refractivity (Wildman–Crippen MR) is 84.4 cm³/mol. The summed E-state index contributed by atoms with van der Waals surface area (Å²) in [4.78, 5) is 28.7. The van der Waals surface area contributed by atoms with Crippen molar-refractivity contribution in [2.45, 2.75) is 6.54 Å². The Morgan fingerprint density at radius 3 is 2.77 bits per heavy atom. The lowest BCUT2D eigenvalue weighted by Crippen LogP contribution is -2.25. The maximum atomic E-state index is 13.6. The van der Waals surface area contributed by atoms with Gasteiger partial charge < -0.3 is 0 Å². The molecule has 1 heterocycles. The molecule has 0 fully saturated rings. The van der Waals surface area contributed by atoms with Crippen LogP contribution in [0.4, 0.5) is 4.39 Å². The summed E-state index contributed by atoms with van der Waals surface area (Å²) in [5.74, 6) is -1.08. The first-order valence-electron chi connectivity index (χ1n) is 6.48. The molecule has 0 saturated heterocycles. The molecule has 1 aromatic heterocycles. The molecule has 0 aliphatic heterocycles. The normalized spacial score (nSPS) is 10.8. The van der Waals surface area contributed by atoms with Gasteiger partial charge in [0.25, 0.3) is 5.56 Å². The fourth-order valence-electron chi connectivity index (χ4n) is 2.17. The summed E-state index contributed by atoms with van der Waals surface area (Å²) < 4.78 is 15.6. The first-order chi connectivity index (χ1) is 10.6. The van der Waals surface area contributed by atoms with Gasteiger partial charge in [-0.2, -0.15) is 0 Å². The van der Waals surface area contributed by atoms with Gasteiger partial charge in [-0.15, -0.1) is 0 Å². The van der Waals surface area contributed by atoms with Gasteiger partial charge in [0.2, 0.25) is 0 Å². The number of benzene rings is 2. The van der Waals surface area contributed by atoms with Crippen LogP contribution in [0.1, 0.15) is 10.4 Å². The van der Waals surface area contributed by atoms with E-state index in [1.807, 2.05) is 0 Å². The standard InChI is InChI=1S/C16H10BrFN2O2/c17-10-5-6-14-12(7-10)16(22)20(9-19-14)8-15(21)11-3-1-2-4-13(11)18/h1-7,9H,8H2. The molecule has 0 unspecified atom stereocenters. The molecule has 3 aromatic rings. The molecule has 0 atom stereocenters. The second-order valence-corrected chi connectivity index (χ2v) is 5.66. The summed E-state index contributed by atoms with van der Waals surface area (Å²) in [6.07, 6.45) is 1.30. The van der Waals surface area contributed by atoms with Crippen molar-refractivity contribution in [2.24, 2.45) is 0 Å². The van der Waals surface area contributed by atoms with E-state index in [0.717, 1.165) is 4.47 Å². The van der Waals surface area contributed by atoms with Gasteiger partial charge in [-0.05, 0) is 30.3 Å². The van der Waals surface area contributed by atoms with Crippen molar-refractivity contribution in [1.82, 2.24) is 9.55 Å². The van der Waals surface area contributed by atoms with Gasteiger partial charge in [-0.3, -0.25) is 14.2 Å². The third-order valence-corrected chi connectivity index (χ3v) is 3.77. The van der Waals surface area contributed by atoms with E-state index in [2.05, 4.69) is 20.9 Å². The molecule has 0 bridgehead atoms. The van der Waals surface area contributed by atoms with Gasteiger partial charge in [-0.25, -0.2) is 9.37 Å².